The molecule has 0 bridgehead atoms. The van der Waals surface area contributed by atoms with Gasteiger partial charge in [0.1, 0.15) is 0 Å². The normalized spacial score (nSPS) is 10.5. The molecule has 1 aromatic heterocycles. The molecule has 5 heteroatoms. The fraction of sp³-hybridized carbons (Fsp3) is 0.235. The van der Waals surface area contributed by atoms with Crippen LogP contribution in [0.4, 0.5) is 11.4 Å². The summed E-state index contributed by atoms with van der Waals surface area (Å²) in [5.41, 5.74) is 2.46. The van der Waals surface area contributed by atoms with Crippen molar-refractivity contribution in [3.8, 4) is 0 Å². The Morgan fingerprint density at radius 1 is 0.909 bits per heavy atom. The van der Waals surface area contributed by atoms with Crippen LogP contribution in [0.15, 0.2) is 58.6 Å². The molecule has 0 fully saturated rings. The Morgan fingerprint density at radius 2 is 1.55 bits per heavy atom. The molecule has 22 heavy (non-hydrogen) atoms. The summed E-state index contributed by atoms with van der Waals surface area (Å²) in [5.74, 6) is 0.862. The van der Waals surface area contributed by atoms with Crippen molar-refractivity contribution in [2.75, 3.05) is 28.2 Å². The van der Waals surface area contributed by atoms with E-state index in [-0.39, 0.29) is 0 Å². The van der Waals surface area contributed by atoms with Gasteiger partial charge in [0.15, 0.2) is 0 Å². The molecule has 0 radical (unpaired) electrons. The Balaban J connectivity index is 2.35. The van der Waals surface area contributed by atoms with Crippen molar-refractivity contribution >= 4 is 23.5 Å². The summed E-state index contributed by atoms with van der Waals surface area (Å²) in [5, 5.41) is 0. The Labute approximate surface area is 131 Å². The zero-order chi connectivity index (χ0) is 15.9. The summed E-state index contributed by atoms with van der Waals surface area (Å²) in [6, 6.07) is 13.6. The largest absolute Gasteiger partial charge is 0.349 e. The molecule has 0 saturated carbocycles. The van der Waals surface area contributed by atoms with Crippen LogP contribution in [0.2, 0.25) is 0 Å². The van der Waals surface area contributed by atoms with Crippen molar-refractivity contribution in [2.45, 2.75) is 0 Å². The first kappa shape index (κ1) is 15.7. The number of guanidine groups is 1. The van der Waals surface area contributed by atoms with Gasteiger partial charge in [-0.2, -0.15) is 0 Å². The number of rotatable bonds is 3. The summed E-state index contributed by atoms with van der Waals surface area (Å²) in [7, 11) is 7.88. The molecular formula is C17H21N5. The second-order valence-corrected chi connectivity index (χ2v) is 5.20. The van der Waals surface area contributed by atoms with Gasteiger partial charge in [0, 0.05) is 34.4 Å². The van der Waals surface area contributed by atoms with Crippen LogP contribution in [0.1, 0.15) is 5.69 Å². The van der Waals surface area contributed by atoms with Crippen LogP contribution in [0.5, 0.6) is 0 Å². The van der Waals surface area contributed by atoms with E-state index in [9.17, 15) is 0 Å². The van der Waals surface area contributed by atoms with Crippen LogP contribution >= 0.6 is 0 Å². The van der Waals surface area contributed by atoms with Gasteiger partial charge in [-0.1, -0.05) is 18.2 Å². The molecule has 1 aromatic carbocycles. The SMILES string of the molecule is CN(C)C(=Nc1ccccc1N=Cc1ccccn1)N(C)C. The van der Waals surface area contributed by atoms with Gasteiger partial charge < -0.3 is 9.80 Å². The second kappa shape index (κ2) is 7.36. The minimum atomic E-state index is 0.814. The highest BCUT2D eigenvalue weighted by Gasteiger charge is 2.06. The smallest absolute Gasteiger partial charge is 0.200 e. The maximum absolute atomic E-state index is 4.70. The fourth-order valence-corrected chi connectivity index (χ4v) is 1.96. The summed E-state index contributed by atoms with van der Waals surface area (Å²) in [4.78, 5) is 17.4. The molecule has 0 spiro atoms. The third-order valence-electron chi connectivity index (χ3n) is 2.93. The van der Waals surface area contributed by atoms with Gasteiger partial charge in [-0.05, 0) is 24.3 Å². The van der Waals surface area contributed by atoms with E-state index >= 15 is 0 Å². The predicted octanol–water partition coefficient (Wildman–Crippen LogP) is 2.94. The number of aromatic nitrogens is 1. The molecule has 0 aliphatic heterocycles. The molecule has 1 heterocycles. The van der Waals surface area contributed by atoms with E-state index in [4.69, 9.17) is 4.99 Å². The molecule has 0 amide bonds. The quantitative estimate of drug-likeness (QED) is 0.646. The van der Waals surface area contributed by atoms with E-state index in [0.717, 1.165) is 23.0 Å². The van der Waals surface area contributed by atoms with Crippen molar-refractivity contribution in [2.24, 2.45) is 9.98 Å². The van der Waals surface area contributed by atoms with E-state index in [2.05, 4.69) is 9.98 Å². The second-order valence-electron chi connectivity index (χ2n) is 5.20. The molecule has 0 aliphatic rings. The topological polar surface area (TPSA) is 44.1 Å². The summed E-state index contributed by atoms with van der Waals surface area (Å²) >= 11 is 0. The Morgan fingerprint density at radius 3 is 2.14 bits per heavy atom. The van der Waals surface area contributed by atoms with E-state index < -0.39 is 0 Å². The zero-order valence-corrected chi connectivity index (χ0v) is 13.4. The lowest BCUT2D eigenvalue weighted by Gasteiger charge is -2.22. The van der Waals surface area contributed by atoms with Gasteiger partial charge in [0.25, 0.3) is 0 Å². The lowest BCUT2D eigenvalue weighted by atomic mass is 10.2. The molecule has 0 saturated heterocycles. The minimum absolute atomic E-state index is 0.814. The van der Waals surface area contributed by atoms with Gasteiger partial charge in [-0.25, -0.2) is 4.99 Å². The van der Waals surface area contributed by atoms with Gasteiger partial charge in [-0.15, -0.1) is 0 Å². The number of benzene rings is 1. The van der Waals surface area contributed by atoms with Gasteiger partial charge in [-0.3, -0.25) is 9.98 Å². The maximum atomic E-state index is 4.70. The number of nitrogens with zero attached hydrogens (tertiary/aromatic N) is 5. The summed E-state index contributed by atoms with van der Waals surface area (Å²) in [6.07, 6.45) is 3.50. The highest BCUT2D eigenvalue weighted by molar-refractivity contribution is 5.86. The fourth-order valence-electron chi connectivity index (χ4n) is 1.96. The van der Waals surface area contributed by atoms with Crippen LogP contribution < -0.4 is 0 Å². The van der Waals surface area contributed by atoms with Crippen LogP contribution in [0.3, 0.4) is 0 Å². The standard InChI is InChI=1S/C17H21N5/c1-21(2)17(22(3)4)20-16-11-6-5-10-15(16)19-13-14-9-7-8-12-18-14/h5-13H,1-4H3. The number of pyridine rings is 1. The Hall–Kier alpha value is -2.69. The third-order valence-corrected chi connectivity index (χ3v) is 2.93. The molecule has 0 aliphatic carbocycles. The first-order valence-electron chi connectivity index (χ1n) is 7.05. The van der Waals surface area contributed by atoms with Crippen molar-refractivity contribution in [1.29, 1.82) is 0 Å². The zero-order valence-electron chi connectivity index (χ0n) is 13.4. The van der Waals surface area contributed by atoms with Gasteiger partial charge in [0.2, 0.25) is 5.96 Å². The van der Waals surface area contributed by atoms with E-state index in [1.165, 1.54) is 0 Å². The van der Waals surface area contributed by atoms with Crippen molar-refractivity contribution in [3.63, 3.8) is 0 Å². The van der Waals surface area contributed by atoms with Crippen LogP contribution in [-0.4, -0.2) is 55.1 Å². The molecule has 2 aromatic rings. The molecule has 2 rings (SSSR count). The average Bonchev–Trinajstić information content (AvgIpc) is 2.52. The Bertz CT molecular complexity index is 650. The third kappa shape index (κ3) is 4.15. The molecule has 114 valence electrons. The van der Waals surface area contributed by atoms with Crippen molar-refractivity contribution in [3.05, 3.63) is 54.4 Å². The number of para-hydroxylation sites is 2. The molecule has 0 atom stereocenters. The van der Waals surface area contributed by atoms with Gasteiger partial charge >= 0.3 is 0 Å². The van der Waals surface area contributed by atoms with E-state index in [1.807, 2.05) is 80.5 Å². The lowest BCUT2D eigenvalue weighted by molar-refractivity contribution is 0.484. The van der Waals surface area contributed by atoms with Crippen molar-refractivity contribution in [1.82, 2.24) is 14.8 Å². The summed E-state index contributed by atoms with van der Waals surface area (Å²) < 4.78 is 0. The van der Waals surface area contributed by atoms with Crippen LogP contribution in [0.25, 0.3) is 0 Å². The Kier molecular flexibility index (Phi) is 5.25. The highest BCUT2D eigenvalue weighted by Crippen LogP contribution is 2.27. The van der Waals surface area contributed by atoms with Crippen LogP contribution in [0, 0.1) is 0 Å². The lowest BCUT2D eigenvalue weighted by Crippen LogP contribution is -2.35. The predicted molar refractivity (Wildman–Crippen MR) is 92.4 cm³/mol. The maximum Gasteiger partial charge on any atom is 0.200 e. The summed E-state index contributed by atoms with van der Waals surface area (Å²) in [6.45, 7) is 0. The number of aliphatic imine (C=N–C) groups is 2. The first-order valence-corrected chi connectivity index (χ1v) is 7.05. The van der Waals surface area contributed by atoms with Crippen LogP contribution in [-0.2, 0) is 0 Å². The average molecular weight is 295 g/mol. The molecular weight excluding hydrogens is 274 g/mol. The van der Waals surface area contributed by atoms with E-state index in [1.54, 1.807) is 12.4 Å². The van der Waals surface area contributed by atoms with E-state index in [0.29, 0.717) is 0 Å². The number of hydrogen-bond donors (Lipinski definition) is 0. The highest BCUT2D eigenvalue weighted by atomic mass is 15.3. The monoisotopic (exact) mass is 295 g/mol. The van der Waals surface area contributed by atoms with Gasteiger partial charge in [0.05, 0.1) is 23.3 Å². The molecule has 0 N–H and O–H groups in total. The minimum Gasteiger partial charge on any atom is -0.349 e. The first-order chi connectivity index (χ1) is 10.6. The molecule has 5 nitrogen and oxygen atoms in total. The number of hydrogen-bond acceptors (Lipinski definition) is 3. The van der Waals surface area contributed by atoms with Crippen molar-refractivity contribution < 1.29 is 0 Å². The molecule has 0 unspecified atom stereocenters.